The number of imidazole rings is 1. The van der Waals surface area contributed by atoms with Gasteiger partial charge in [0.25, 0.3) is 0 Å². The van der Waals surface area contributed by atoms with E-state index in [0.717, 1.165) is 5.56 Å². The molecule has 1 N–H and O–H groups in total. The quantitative estimate of drug-likeness (QED) is 0.416. The van der Waals surface area contributed by atoms with E-state index in [-0.39, 0.29) is 22.4 Å². The topological polar surface area (TPSA) is 92.3 Å². The molecule has 0 bridgehead atoms. The van der Waals surface area contributed by atoms with Crippen LogP contribution in [0.3, 0.4) is 0 Å². The summed E-state index contributed by atoms with van der Waals surface area (Å²) >= 11 is -1.55. The van der Waals surface area contributed by atoms with Crippen molar-refractivity contribution in [2.75, 3.05) is 13.7 Å². The van der Waals surface area contributed by atoms with E-state index in [1.165, 1.54) is 19.2 Å². The van der Waals surface area contributed by atoms with Crippen LogP contribution in [0.2, 0.25) is 0 Å². The molecule has 0 aliphatic carbocycles. The normalized spacial score (nSPS) is 12.2. The highest BCUT2D eigenvalue weighted by Gasteiger charge is 2.22. The number of aromatic amines is 1. The van der Waals surface area contributed by atoms with Crippen LogP contribution in [0.15, 0.2) is 42.2 Å². The fraction of sp³-hybridized carbons (Fsp3) is 0.263. The van der Waals surface area contributed by atoms with Gasteiger partial charge < -0.3 is 18.8 Å². The third-order valence-electron chi connectivity index (χ3n) is 4.06. The molecular weight excluding hydrogens is 404 g/mol. The van der Waals surface area contributed by atoms with E-state index >= 15 is 0 Å². The molecule has 0 radical (unpaired) electrons. The summed E-state index contributed by atoms with van der Waals surface area (Å²) in [5.74, 6) is 0.705. The predicted octanol–water partition coefficient (Wildman–Crippen LogP) is 3.75. The maximum absolute atomic E-state index is 12.8. The maximum Gasteiger partial charge on any atom is 0.387 e. The highest BCUT2D eigenvalue weighted by Crippen LogP contribution is 2.33. The van der Waals surface area contributed by atoms with Crippen LogP contribution in [0, 0.1) is 6.92 Å². The fourth-order valence-corrected chi connectivity index (χ4v) is 3.75. The number of pyridine rings is 1. The van der Waals surface area contributed by atoms with E-state index in [9.17, 15) is 13.3 Å². The van der Waals surface area contributed by atoms with Gasteiger partial charge in [0.1, 0.15) is 12.4 Å². The van der Waals surface area contributed by atoms with E-state index in [1.807, 2.05) is 6.92 Å². The lowest BCUT2D eigenvalue weighted by molar-refractivity contribution is -0.0511. The van der Waals surface area contributed by atoms with Crippen LogP contribution in [0.4, 0.5) is 8.78 Å². The number of nitrogens with one attached hydrogen (secondary N) is 1. The number of nitrogens with zero attached hydrogens (tertiary/aromatic N) is 2. The SMILES string of the molecule is C=CCOc1ccnc(C[S+]([O-])c2nc3cc(OC(F)F)c(OC)cc3[nH]2)c1C. The first kappa shape index (κ1) is 20.9. The smallest absolute Gasteiger partial charge is 0.387 e. The molecule has 1 unspecified atom stereocenters. The minimum atomic E-state index is -3.00. The van der Waals surface area contributed by atoms with Gasteiger partial charge in [-0.2, -0.15) is 13.8 Å². The summed E-state index contributed by atoms with van der Waals surface area (Å²) in [7, 11) is 1.34. The molecule has 0 aliphatic heterocycles. The third kappa shape index (κ3) is 4.77. The summed E-state index contributed by atoms with van der Waals surface area (Å²) < 4.78 is 53.1. The lowest BCUT2D eigenvalue weighted by Crippen LogP contribution is -2.10. The third-order valence-corrected chi connectivity index (χ3v) is 5.22. The molecule has 154 valence electrons. The molecule has 1 aromatic carbocycles. The van der Waals surface area contributed by atoms with Crippen LogP contribution < -0.4 is 14.2 Å². The second-order valence-electron chi connectivity index (χ2n) is 5.91. The first-order valence-corrected chi connectivity index (χ1v) is 9.84. The number of halogens is 2. The van der Waals surface area contributed by atoms with E-state index in [0.29, 0.717) is 29.1 Å². The van der Waals surface area contributed by atoms with Gasteiger partial charge in [-0.25, -0.2) is 0 Å². The number of H-pyrrole nitrogens is 1. The van der Waals surface area contributed by atoms with E-state index in [2.05, 4.69) is 26.3 Å². The summed E-state index contributed by atoms with van der Waals surface area (Å²) in [6, 6.07) is 4.50. The zero-order chi connectivity index (χ0) is 21.0. The number of hydrogen-bond acceptors (Lipinski definition) is 6. The molecule has 2 aromatic heterocycles. The summed E-state index contributed by atoms with van der Waals surface area (Å²) in [4.78, 5) is 11.5. The molecule has 3 rings (SSSR count). The van der Waals surface area contributed by atoms with Gasteiger partial charge in [-0.1, -0.05) is 12.7 Å². The Morgan fingerprint density at radius 2 is 2.10 bits per heavy atom. The zero-order valence-corrected chi connectivity index (χ0v) is 16.6. The number of aromatic nitrogens is 3. The van der Waals surface area contributed by atoms with Crippen molar-refractivity contribution >= 4 is 22.2 Å². The molecule has 0 fully saturated rings. The number of fused-ring (bicyclic) bond motifs is 1. The number of methoxy groups -OCH3 is 1. The van der Waals surface area contributed by atoms with Crippen LogP contribution in [0.25, 0.3) is 11.0 Å². The van der Waals surface area contributed by atoms with Crippen molar-refractivity contribution in [1.29, 1.82) is 0 Å². The molecule has 0 aliphatic rings. The molecule has 10 heteroatoms. The minimum Gasteiger partial charge on any atom is -0.609 e. The average molecular weight is 423 g/mol. The molecule has 0 spiro atoms. The maximum atomic E-state index is 12.8. The van der Waals surface area contributed by atoms with Gasteiger partial charge in [0.05, 0.1) is 23.8 Å². The van der Waals surface area contributed by atoms with Crippen molar-refractivity contribution in [3.63, 3.8) is 0 Å². The largest absolute Gasteiger partial charge is 0.609 e. The van der Waals surface area contributed by atoms with Gasteiger partial charge in [0.15, 0.2) is 17.3 Å². The van der Waals surface area contributed by atoms with Crippen LogP contribution >= 0.6 is 0 Å². The second kappa shape index (κ2) is 9.10. The molecule has 0 saturated heterocycles. The Hall–Kier alpha value is -2.85. The molecule has 3 aromatic rings. The molecule has 1 atom stereocenters. The highest BCUT2D eigenvalue weighted by molar-refractivity contribution is 7.90. The number of hydrogen-bond donors (Lipinski definition) is 1. The number of benzene rings is 1. The fourth-order valence-electron chi connectivity index (χ4n) is 2.65. The van der Waals surface area contributed by atoms with Crippen LogP contribution in [0.1, 0.15) is 11.3 Å². The number of ether oxygens (including phenoxy) is 3. The molecule has 0 amide bonds. The minimum absolute atomic E-state index is 0.106. The summed E-state index contributed by atoms with van der Waals surface area (Å²) in [5, 5.41) is 0.190. The Balaban J connectivity index is 1.86. The standard InChI is InChI=1S/C19H19F2N3O4S/c1-4-7-27-15-5-6-22-14(11(15)2)10-29(25)19-23-12-8-16(26-3)17(28-18(20)21)9-13(12)24-19/h4-6,8-9,18H,1,7,10H2,2-3H3,(H,23,24). The summed E-state index contributed by atoms with van der Waals surface area (Å²) in [5.41, 5.74) is 2.19. The summed E-state index contributed by atoms with van der Waals surface area (Å²) in [6.07, 6.45) is 3.21. The van der Waals surface area contributed by atoms with Crippen molar-refractivity contribution in [3.05, 3.63) is 48.3 Å². The van der Waals surface area contributed by atoms with Gasteiger partial charge in [-0.15, -0.1) is 0 Å². The average Bonchev–Trinajstić information content (AvgIpc) is 3.10. The lowest BCUT2D eigenvalue weighted by Gasteiger charge is -2.12. The molecule has 7 nitrogen and oxygen atoms in total. The van der Waals surface area contributed by atoms with Gasteiger partial charge in [0.2, 0.25) is 0 Å². The monoisotopic (exact) mass is 423 g/mol. The van der Waals surface area contributed by atoms with Crippen LogP contribution in [-0.4, -0.2) is 39.8 Å². The van der Waals surface area contributed by atoms with Crippen molar-refractivity contribution in [3.8, 4) is 17.2 Å². The van der Waals surface area contributed by atoms with Crippen molar-refractivity contribution in [2.24, 2.45) is 0 Å². The zero-order valence-electron chi connectivity index (χ0n) is 15.8. The Labute approximate surface area is 168 Å². The van der Waals surface area contributed by atoms with E-state index in [1.54, 1.807) is 18.3 Å². The van der Waals surface area contributed by atoms with Crippen LogP contribution in [0.5, 0.6) is 17.2 Å². The first-order chi connectivity index (χ1) is 13.9. The first-order valence-electron chi connectivity index (χ1n) is 8.52. The highest BCUT2D eigenvalue weighted by atomic mass is 32.2. The van der Waals surface area contributed by atoms with Crippen molar-refractivity contribution in [1.82, 2.24) is 15.0 Å². The number of rotatable bonds is 9. The van der Waals surface area contributed by atoms with Crippen LogP contribution in [-0.2, 0) is 16.9 Å². The van der Waals surface area contributed by atoms with E-state index in [4.69, 9.17) is 9.47 Å². The van der Waals surface area contributed by atoms with Gasteiger partial charge in [0, 0.05) is 35.1 Å². The Morgan fingerprint density at radius 3 is 2.79 bits per heavy atom. The van der Waals surface area contributed by atoms with Crippen molar-refractivity contribution < 1.29 is 27.5 Å². The predicted molar refractivity (Wildman–Crippen MR) is 104 cm³/mol. The molecule has 2 heterocycles. The number of alkyl halides is 2. The molecular formula is C19H19F2N3O4S. The molecule has 29 heavy (non-hydrogen) atoms. The Bertz CT molecular complexity index is 1010. The van der Waals surface area contributed by atoms with Gasteiger partial charge in [-0.3, -0.25) is 9.97 Å². The summed E-state index contributed by atoms with van der Waals surface area (Å²) in [6.45, 7) is 2.79. The van der Waals surface area contributed by atoms with Crippen molar-refractivity contribution in [2.45, 2.75) is 24.4 Å². The van der Waals surface area contributed by atoms with Gasteiger partial charge >= 0.3 is 11.8 Å². The Morgan fingerprint density at radius 1 is 1.31 bits per heavy atom. The Kier molecular flexibility index (Phi) is 6.55. The second-order valence-corrected chi connectivity index (χ2v) is 7.28. The molecule has 0 saturated carbocycles. The van der Waals surface area contributed by atoms with Gasteiger partial charge in [-0.05, 0) is 13.0 Å². The lowest BCUT2D eigenvalue weighted by atomic mass is 10.2. The van der Waals surface area contributed by atoms with E-state index < -0.39 is 17.8 Å².